The molecular weight excluding hydrogens is 1180 g/mol. The number of ether oxygens (including phenoxy) is 6. The van der Waals surface area contributed by atoms with Crippen LogP contribution in [0.15, 0.2) is 53.0 Å². The van der Waals surface area contributed by atoms with Crippen molar-refractivity contribution in [3.05, 3.63) is 53.4 Å². The highest BCUT2D eigenvalue weighted by Crippen LogP contribution is 2.38. The Morgan fingerprint density at radius 2 is 1.53 bits per heavy atom. The van der Waals surface area contributed by atoms with Gasteiger partial charge in [-0.15, -0.1) is 0 Å². The van der Waals surface area contributed by atoms with Crippen molar-refractivity contribution in [1.29, 1.82) is 0 Å². The number of hydrogen-bond donors (Lipinski definition) is 6. The molecule has 518 valence electrons. The summed E-state index contributed by atoms with van der Waals surface area (Å²) in [5.41, 5.74) is 2.51. The second kappa shape index (κ2) is 37.7. The fourth-order valence-corrected chi connectivity index (χ4v) is 13.1. The van der Waals surface area contributed by atoms with E-state index in [9.17, 15) is 44.4 Å². The summed E-state index contributed by atoms with van der Waals surface area (Å²) in [6.07, 6.45) is 11.7. The van der Waals surface area contributed by atoms with E-state index in [2.05, 4.69) is 62.5 Å². The van der Waals surface area contributed by atoms with Crippen LogP contribution in [-0.2, 0) is 63.8 Å². The summed E-state index contributed by atoms with van der Waals surface area (Å²) in [5, 5.41) is 57.1. The molecule has 1 aromatic rings. The van der Waals surface area contributed by atoms with Crippen molar-refractivity contribution in [1.82, 2.24) is 30.4 Å². The Morgan fingerprint density at radius 1 is 0.793 bits per heavy atom. The minimum Gasteiger partial charge on any atom is -0.461 e. The third-order valence-electron chi connectivity index (χ3n) is 19.6. The van der Waals surface area contributed by atoms with Crippen LogP contribution in [0.25, 0.3) is 0 Å². The van der Waals surface area contributed by atoms with Crippen LogP contribution in [0, 0.1) is 35.5 Å². The number of ketones is 1. The zero-order valence-electron chi connectivity index (χ0n) is 56.7. The van der Waals surface area contributed by atoms with Gasteiger partial charge in [0.15, 0.2) is 6.61 Å². The fourth-order valence-electron chi connectivity index (χ4n) is 13.1. The van der Waals surface area contributed by atoms with Crippen molar-refractivity contribution in [2.24, 2.45) is 40.7 Å². The summed E-state index contributed by atoms with van der Waals surface area (Å²) in [6.45, 7) is 17.4. The van der Waals surface area contributed by atoms with Gasteiger partial charge in [-0.05, 0) is 127 Å². The van der Waals surface area contributed by atoms with Crippen molar-refractivity contribution < 1.29 is 77.7 Å². The number of likely N-dealkylation sites (N-methyl/N-ethyl adjacent to an activating group) is 1. The van der Waals surface area contributed by atoms with Crippen LogP contribution in [0.1, 0.15) is 150 Å². The topological polar surface area (TPSA) is 303 Å². The number of Topliss-reactive ketones (excluding diaryl/α,β-unsaturated/α-hetero) is 1. The normalized spacial score (nSPS) is 34.6. The van der Waals surface area contributed by atoms with Crippen LogP contribution in [0.2, 0.25) is 0 Å². The fraction of sp³-hybridized carbons (Fsp3) is 0.765. The molecule has 4 aliphatic heterocycles. The highest BCUT2D eigenvalue weighted by Gasteiger charge is 2.53. The maximum absolute atomic E-state index is 14.5. The van der Waals surface area contributed by atoms with E-state index in [-0.39, 0.29) is 87.8 Å². The van der Waals surface area contributed by atoms with E-state index in [1.165, 1.54) is 12.0 Å². The van der Waals surface area contributed by atoms with Gasteiger partial charge in [-0.25, -0.2) is 14.8 Å². The third kappa shape index (κ3) is 22.4. The molecule has 24 heteroatoms. The van der Waals surface area contributed by atoms with Gasteiger partial charge in [0.05, 0.1) is 49.4 Å². The number of amides is 3. The third-order valence-corrected chi connectivity index (χ3v) is 19.6. The van der Waals surface area contributed by atoms with E-state index in [1.807, 2.05) is 26.0 Å². The molecule has 3 amide bonds. The van der Waals surface area contributed by atoms with Crippen molar-refractivity contribution >= 4 is 41.1 Å². The quantitative estimate of drug-likeness (QED) is 0.0353. The van der Waals surface area contributed by atoms with Crippen LogP contribution in [-0.4, -0.2) is 224 Å². The Hall–Kier alpha value is -5.28. The first-order chi connectivity index (χ1) is 44.0. The lowest BCUT2D eigenvalue weighted by atomic mass is 9.81. The molecule has 6 N–H and O–H groups in total. The number of rotatable bonds is 18. The first-order valence-corrected chi connectivity index (χ1v) is 33.6. The Morgan fingerprint density at radius 3 is 2.24 bits per heavy atom. The van der Waals surface area contributed by atoms with Crippen LogP contribution in [0.4, 0.5) is 5.95 Å². The number of aromatic nitrogens is 2. The molecule has 24 nitrogen and oxygen atoms in total. The first kappa shape index (κ1) is 75.7. The van der Waals surface area contributed by atoms with E-state index in [4.69, 9.17) is 33.3 Å². The van der Waals surface area contributed by atoms with Gasteiger partial charge in [0.2, 0.25) is 17.6 Å². The van der Waals surface area contributed by atoms with E-state index in [0.29, 0.717) is 81.4 Å². The number of nitrogens with one attached hydrogen (secondary N) is 2. The second-order valence-corrected chi connectivity index (χ2v) is 26.7. The zero-order valence-corrected chi connectivity index (χ0v) is 56.7. The standard InChI is InChI=1S/C68H110N8O16/c1-43-16-12-13-17-44(2)57(86-9)38-53-22-19-49(7)68(85,92-53)64(82)65(83)76-27-15-14-18-54(76)66(84)91-52(23-20-50-21-24-55(77)58(36-50)87-10)37-56(78)46(4)35-48(6)62(81)63(88-11)61(47(5)34-45(43)3)73-90-42-60(80)69-26-33-89-32-25-59(79)70-39-51-40-71-67(72-41-51)75-30-28-74(8)29-31-75/h12-13,17,35,40-41,43,45-47,49-50,52-58,62-63,77-78,81,85H,14-16,18-34,36-39,42H2,1-11H3,(H,69,80)(H,70,79)/b13-12+,44-17+,48-35+,73-61+/t43?,45-,46+,47+,49+,50+,52+,53-,54-,55+,56+,57-,58+,62+,63-,68+/m0/s1. The average Bonchev–Trinajstić information content (AvgIpc) is 0.781. The second-order valence-electron chi connectivity index (χ2n) is 26.7. The van der Waals surface area contributed by atoms with Crippen molar-refractivity contribution in [2.45, 2.75) is 212 Å². The molecular formula is C68H110N8O16. The summed E-state index contributed by atoms with van der Waals surface area (Å²) >= 11 is 0. The van der Waals surface area contributed by atoms with E-state index >= 15 is 0 Å². The Labute approximate surface area is 545 Å². The number of esters is 1. The van der Waals surface area contributed by atoms with Gasteiger partial charge in [-0.3, -0.25) is 19.2 Å². The van der Waals surface area contributed by atoms with Crippen LogP contribution >= 0.6 is 0 Å². The Bertz CT molecular complexity index is 2620. The largest absolute Gasteiger partial charge is 0.461 e. The molecule has 16 atom stereocenters. The minimum absolute atomic E-state index is 0.00866. The molecule has 4 fully saturated rings. The molecule has 1 aromatic heterocycles. The summed E-state index contributed by atoms with van der Waals surface area (Å²) < 4.78 is 35.8. The van der Waals surface area contributed by atoms with Gasteiger partial charge in [0, 0.05) is 122 Å². The summed E-state index contributed by atoms with van der Waals surface area (Å²) in [4.78, 5) is 89.4. The lowest BCUT2D eigenvalue weighted by molar-refractivity contribution is -0.265. The zero-order chi connectivity index (χ0) is 67.1. The van der Waals surface area contributed by atoms with Gasteiger partial charge in [0.25, 0.3) is 17.6 Å². The number of nitrogens with zero attached hydrogens (tertiary/aromatic N) is 6. The molecule has 1 saturated carbocycles. The predicted octanol–water partition coefficient (Wildman–Crippen LogP) is 5.38. The highest BCUT2D eigenvalue weighted by molar-refractivity contribution is 6.39. The Kier molecular flexibility index (Phi) is 31.1. The lowest BCUT2D eigenvalue weighted by Gasteiger charge is -2.42. The number of carbonyl (C=O) groups excluding carboxylic acids is 5. The smallest absolute Gasteiger partial charge is 0.329 e. The first-order valence-electron chi connectivity index (χ1n) is 33.6. The highest BCUT2D eigenvalue weighted by atomic mass is 16.6. The molecule has 3 saturated heterocycles. The molecule has 0 radical (unpaired) electrons. The monoisotopic (exact) mass is 1290 g/mol. The van der Waals surface area contributed by atoms with Gasteiger partial charge in [-0.1, -0.05) is 64.1 Å². The molecule has 1 aliphatic carbocycles. The summed E-state index contributed by atoms with van der Waals surface area (Å²) in [5.74, 6) is -6.52. The molecule has 0 aromatic carbocycles. The molecule has 6 rings (SSSR count). The number of anilines is 1. The SMILES string of the molecule is CO[C@H]1C[C@@H]2CC[C@@H](C)[C@@](O)(O2)C(=O)C(=O)N2CCCC[C@H]2C(=O)O[C@H](CC[C@@H]2CC[C@@H](O)[C@H](OC)C2)C[C@@H](O)[C@H](C)/C=C(\C)[C@@H](O)[C@@H](OC)/C(=N/OCC(=O)NCCOCCC(=O)NCc2cnc(N3CCN(C)CC3)nc2)[C@H](C)C[C@H](C)C(C)C/C=C/C=C/1C. The number of hydrogen-bond acceptors (Lipinski definition) is 21. The number of methoxy groups -OCH3 is 3. The van der Waals surface area contributed by atoms with E-state index in [1.54, 1.807) is 53.5 Å². The molecule has 1 unspecified atom stereocenters. The van der Waals surface area contributed by atoms with Gasteiger partial charge >= 0.3 is 5.97 Å². The van der Waals surface area contributed by atoms with E-state index in [0.717, 1.165) is 50.2 Å². The summed E-state index contributed by atoms with van der Waals surface area (Å²) in [7, 11) is 6.72. The van der Waals surface area contributed by atoms with Crippen molar-refractivity contribution in [3.63, 3.8) is 0 Å². The van der Waals surface area contributed by atoms with Crippen molar-refractivity contribution in [3.8, 4) is 0 Å². The number of allylic oxidation sites excluding steroid dienone is 3. The number of oxime groups is 1. The van der Waals surface area contributed by atoms with Crippen LogP contribution in [0.3, 0.4) is 0 Å². The molecule has 5 heterocycles. The van der Waals surface area contributed by atoms with Crippen LogP contribution in [0.5, 0.6) is 0 Å². The Balaban J connectivity index is 1.16. The molecule has 2 bridgehead atoms. The van der Waals surface area contributed by atoms with Crippen molar-refractivity contribution in [2.75, 3.05) is 92.4 Å². The number of aliphatic hydroxyl groups excluding tert-OH is 3. The molecule has 92 heavy (non-hydrogen) atoms. The minimum atomic E-state index is -2.44. The van der Waals surface area contributed by atoms with E-state index < -0.39 is 96.6 Å². The van der Waals surface area contributed by atoms with Gasteiger partial charge in [-0.2, -0.15) is 0 Å². The predicted molar refractivity (Wildman–Crippen MR) is 347 cm³/mol. The number of piperidine rings is 1. The van der Waals surface area contributed by atoms with Gasteiger partial charge < -0.3 is 79.0 Å². The molecule has 0 spiro atoms. The maximum atomic E-state index is 14.5. The molecule has 5 aliphatic rings. The number of cyclic esters (lactones) is 1. The number of fused-ring (bicyclic) bond motifs is 3. The maximum Gasteiger partial charge on any atom is 0.329 e. The van der Waals surface area contributed by atoms with Gasteiger partial charge in [0.1, 0.15) is 24.4 Å². The average molecular weight is 1300 g/mol. The number of piperazine rings is 1. The van der Waals surface area contributed by atoms with Crippen LogP contribution < -0.4 is 15.5 Å². The number of aliphatic hydroxyl groups is 4. The lowest BCUT2D eigenvalue weighted by Crippen LogP contribution is -2.60. The number of carbonyl (C=O) groups is 5. The summed E-state index contributed by atoms with van der Waals surface area (Å²) in [6, 6.07) is -1.14.